The fraction of sp³-hybridized carbons (Fsp3) is 0.250. The first-order valence-corrected chi connectivity index (χ1v) is 6.41. The Morgan fingerprint density at radius 3 is 1.94 bits per heavy atom. The van der Waals surface area contributed by atoms with Crippen LogP contribution in [0.2, 0.25) is 0 Å². The smallest absolute Gasteiger partial charge is 0.0969 e. The van der Waals surface area contributed by atoms with Crippen LogP contribution in [-0.2, 0) is 4.74 Å². The maximum atomic E-state index is 6.39. The highest BCUT2D eigenvalue weighted by atomic mass is 16.6. The second-order valence-corrected chi connectivity index (χ2v) is 5.10. The summed E-state index contributed by atoms with van der Waals surface area (Å²) < 4.78 is 5.39. The number of epoxide rings is 1. The minimum Gasteiger partial charge on any atom is -0.371 e. The van der Waals surface area contributed by atoms with Gasteiger partial charge in [-0.3, -0.25) is 0 Å². The van der Waals surface area contributed by atoms with Crippen molar-refractivity contribution >= 4 is 0 Å². The van der Waals surface area contributed by atoms with Crippen LogP contribution in [0.15, 0.2) is 48.5 Å². The van der Waals surface area contributed by atoms with E-state index in [1.54, 1.807) is 0 Å². The molecule has 2 nitrogen and oxygen atoms in total. The van der Waals surface area contributed by atoms with Crippen LogP contribution in [0.1, 0.15) is 17.0 Å². The van der Waals surface area contributed by atoms with Crippen molar-refractivity contribution < 1.29 is 4.74 Å². The SMILES string of the molecule is NC(C1CO1)C1c2ccccc2-c2ccccc21. The van der Waals surface area contributed by atoms with Gasteiger partial charge in [0.25, 0.3) is 0 Å². The van der Waals surface area contributed by atoms with E-state index in [1.165, 1.54) is 22.3 Å². The van der Waals surface area contributed by atoms with E-state index in [0.29, 0.717) is 0 Å². The molecule has 0 bridgehead atoms. The van der Waals surface area contributed by atoms with Crippen LogP contribution < -0.4 is 5.73 Å². The Morgan fingerprint density at radius 1 is 0.944 bits per heavy atom. The van der Waals surface area contributed by atoms with Crippen LogP contribution in [0.25, 0.3) is 11.1 Å². The highest BCUT2D eigenvalue weighted by Crippen LogP contribution is 2.47. The molecular weight excluding hydrogens is 222 g/mol. The number of nitrogens with two attached hydrogens (primary N) is 1. The summed E-state index contributed by atoms with van der Waals surface area (Å²) in [5, 5.41) is 0. The van der Waals surface area contributed by atoms with Crippen molar-refractivity contribution in [1.82, 2.24) is 0 Å². The first-order chi connectivity index (χ1) is 8.86. The molecule has 4 rings (SSSR count). The summed E-state index contributed by atoms with van der Waals surface area (Å²) in [4.78, 5) is 0. The second kappa shape index (κ2) is 3.67. The monoisotopic (exact) mass is 237 g/mol. The molecular formula is C16H15NO. The van der Waals surface area contributed by atoms with Crippen molar-refractivity contribution in [1.29, 1.82) is 0 Å². The number of ether oxygens (including phenoxy) is 1. The van der Waals surface area contributed by atoms with Gasteiger partial charge in [-0.05, 0) is 22.3 Å². The third-order valence-electron chi connectivity index (χ3n) is 4.06. The molecule has 0 amide bonds. The highest BCUT2D eigenvalue weighted by molar-refractivity contribution is 5.79. The fourth-order valence-corrected chi connectivity index (χ4v) is 3.10. The Hall–Kier alpha value is -1.64. The lowest BCUT2D eigenvalue weighted by molar-refractivity contribution is 0.360. The van der Waals surface area contributed by atoms with Gasteiger partial charge in [0.05, 0.1) is 12.7 Å². The number of hydrogen-bond donors (Lipinski definition) is 1. The third kappa shape index (κ3) is 1.36. The van der Waals surface area contributed by atoms with Crippen LogP contribution in [0.3, 0.4) is 0 Å². The minimum absolute atomic E-state index is 0.0646. The van der Waals surface area contributed by atoms with E-state index >= 15 is 0 Å². The zero-order valence-electron chi connectivity index (χ0n) is 10.0. The fourth-order valence-electron chi connectivity index (χ4n) is 3.10. The topological polar surface area (TPSA) is 38.5 Å². The summed E-state index contributed by atoms with van der Waals surface area (Å²) in [6.07, 6.45) is 0.231. The predicted molar refractivity (Wildman–Crippen MR) is 71.4 cm³/mol. The molecule has 1 fully saturated rings. The lowest BCUT2D eigenvalue weighted by Gasteiger charge is -2.19. The van der Waals surface area contributed by atoms with Gasteiger partial charge in [-0.25, -0.2) is 0 Å². The Bertz CT molecular complexity index is 558. The Morgan fingerprint density at radius 2 is 1.44 bits per heavy atom. The molecule has 2 N–H and O–H groups in total. The van der Waals surface area contributed by atoms with Gasteiger partial charge in [-0.15, -0.1) is 0 Å². The van der Waals surface area contributed by atoms with Gasteiger partial charge < -0.3 is 10.5 Å². The van der Waals surface area contributed by atoms with Gasteiger partial charge in [0.15, 0.2) is 0 Å². The van der Waals surface area contributed by atoms with Crippen molar-refractivity contribution in [2.75, 3.05) is 6.61 Å². The van der Waals surface area contributed by atoms with E-state index in [9.17, 15) is 0 Å². The zero-order valence-corrected chi connectivity index (χ0v) is 10.0. The van der Waals surface area contributed by atoms with Crippen LogP contribution >= 0.6 is 0 Å². The van der Waals surface area contributed by atoms with E-state index < -0.39 is 0 Å². The average molecular weight is 237 g/mol. The van der Waals surface area contributed by atoms with Crippen LogP contribution in [-0.4, -0.2) is 18.8 Å². The molecule has 2 aliphatic rings. The first kappa shape index (κ1) is 10.3. The quantitative estimate of drug-likeness (QED) is 0.815. The van der Waals surface area contributed by atoms with E-state index in [2.05, 4.69) is 48.5 Å². The molecule has 1 heterocycles. The number of hydrogen-bond acceptors (Lipinski definition) is 2. The summed E-state index contributed by atoms with van der Waals surface area (Å²) in [7, 11) is 0. The molecule has 0 saturated carbocycles. The van der Waals surface area contributed by atoms with Gasteiger partial charge in [0.2, 0.25) is 0 Å². The number of fused-ring (bicyclic) bond motifs is 3. The Labute approximate surface area is 106 Å². The summed E-state index contributed by atoms with van der Waals surface area (Å²) in [5.41, 5.74) is 11.7. The molecule has 2 unspecified atom stereocenters. The van der Waals surface area contributed by atoms with Gasteiger partial charge in [0.1, 0.15) is 0 Å². The molecule has 2 aromatic rings. The molecule has 0 aromatic heterocycles. The normalized spacial score (nSPS) is 22.4. The van der Waals surface area contributed by atoms with E-state index in [0.717, 1.165) is 6.61 Å². The number of rotatable bonds is 2. The van der Waals surface area contributed by atoms with E-state index in [-0.39, 0.29) is 18.1 Å². The van der Waals surface area contributed by atoms with E-state index in [1.807, 2.05) is 0 Å². The molecule has 2 atom stereocenters. The predicted octanol–water partition coefficient (Wildman–Crippen LogP) is 2.53. The largest absolute Gasteiger partial charge is 0.371 e. The van der Waals surface area contributed by atoms with Crippen molar-refractivity contribution in [2.45, 2.75) is 18.1 Å². The van der Waals surface area contributed by atoms with Crippen LogP contribution in [0.5, 0.6) is 0 Å². The molecule has 18 heavy (non-hydrogen) atoms. The lowest BCUT2D eigenvalue weighted by atomic mass is 9.88. The van der Waals surface area contributed by atoms with E-state index in [4.69, 9.17) is 10.5 Å². The minimum atomic E-state index is 0.0646. The van der Waals surface area contributed by atoms with Crippen molar-refractivity contribution in [3.63, 3.8) is 0 Å². The molecule has 0 spiro atoms. The van der Waals surface area contributed by atoms with Gasteiger partial charge in [-0.2, -0.15) is 0 Å². The maximum Gasteiger partial charge on any atom is 0.0969 e. The molecule has 2 aromatic carbocycles. The van der Waals surface area contributed by atoms with Gasteiger partial charge in [-0.1, -0.05) is 48.5 Å². The highest BCUT2D eigenvalue weighted by Gasteiger charge is 2.41. The Balaban J connectivity index is 1.91. The van der Waals surface area contributed by atoms with Crippen LogP contribution in [0, 0.1) is 0 Å². The molecule has 2 heteroatoms. The second-order valence-electron chi connectivity index (χ2n) is 5.10. The number of benzene rings is 2. The third-order valence-corrected chi connectivity index (χ3v) is 4.06. The maximum absolute atomic E-state index is 6.39. The zero-order chi connectivity index (χ0) is 12.1. The van der Waals surface area contributed by atoms with Gasteiger partial charge in [0, 0.05) is 12.0 Å². The standard InChI is InChI=1S/C16H15NO/c17-16(14-9-18-14)15-12-7-3-1-5-10(12)11-6-2-4-8-13(11)15/h1-8,14-16H,9,17H2. The Kier molecular flexibility index (Phi) is 2.10. The van der Waals surface area contributed by atoms with Crippen LogP contribution in [0.4, 0.5) is 0 Å². The molecule has 90 valence electrons. The molecule has 0 radical (unpaired) electrons. The molecule has 1 aliphatic heterocycles. The summed E-state index contributed by atoms with van der Waals surface area (Å²) >= 11 is 0. The summed E-state index contributed by atoms with van der Waals surface area (Å²) in [5.74, 6) is 0.282. The van der Waals surface area contributed by atoms with Crippen molar-refractivity contribution in [3.05, 3.63) is 59.7 Å². The van der Waals surface area contributed by atoms with Crippen molar-refractivity contribution in [3.8, 4) is 11.1 Å². The van der Waals surface area contributed by atoms with Gasteiger partial charge >= 0.3 is 0 Å². The van der Waals surface area contributed by atoms with Crippen molar-refractivity contribution in [2.24, 2.45) is 5.73 Å². The molecule has 1 aliphatic carbocycles. The summed E-state index contributed by atoms with van der Waals surface area (Å²) in [6.45, 7) is 0.808. The average Bonchev–Trinajstić information content (AvgIpc) is 3.20. The molecule has 1 saturated heterocycles. The lowest BCUT2D eigenvalue weighted by Crippen LogP contribution is -2.33. The first-order valence-electron chi connectivity index (χ1n) is 6.41. The summed E-state index contributed by atoms with van der Waals surface area (Å²) in [6, 6.07) is 17.2.